The molecule has 1 atom stereocenters. The molecule has 1 fully saturated rings. The van der Waals surface area contributed by atoms with Crippen molar-refractivity contribution in [2.24, 2.45) is 5.41 Å². The fraction of sp³-hybridized carbons (Fsp3) is 0.176. The Labute approximate surface area is 229 Å². The predicted molar refractivity (Wildman–Crippen MR) is 153 cm³/mol. The Balaban J connectivity index is 1.96. The Hall–Kier alpha value is -4.64. The van der Waals surface area contributed by atoms with E-state index in [1.165, 1.54) is 14.2 Å². The van der Waals surface area contributed by atoms with Crippen molar-refractivity contribution in [3.05, 3.63) is 143 Å². The number of benzene rings is 4. The third-order valence-corrected chi connectivity index (χ3v) is 7.38. The van der Waals surface area contributed by atoms with Gasteiger partial charge in [-0.05, 0) is 35.7 Å². The molecule has 0 bridgehead atoms. The zero-order valence-electron chi connectivity index (χ0n) is 22.3. The first-order chi connectivity index (χ1) is 19.0. The van der Waals surface area contributed by atoms with Crippen LogP contribution in [0.3, 0.4) is 0 Å². The average molecular weight is 518 g/mol. The van der Waals surface area contributed by atoms with Crippen molar-refractivity contribution in [1.82, 2.24) is 0 Å². The summed E-state index contributed by atoms with van der Waals surface area (Å²) in [5.41, 5.74) is 4.30. The molecule has 1 unspecified atom stereocenters. The number of hydrogen-bond donors (Lipinski definition) is 0. The molecule has 0 saturated carbocycles. The molecule has 196 valence electrons. The summed E-state index contributed by atoms with van der Waals surface area (Å²) in [4.78, 5) is 30.0. The summed E-state index contributed by atoms with van der Waals surface area (Å²) in [7, 11) is 2.64. The van der Waals surface area contributed by atoms with Gasteiger partial charge in [-0.25, -0.2) is 0 Å². The molecule has 5 rings (SSSR count). The lowest BCUT2D eigenvalue weighted by Gasteiger charge is -2.33. The van der Waals surface area contributed by atoms with E-state index in [-0.39, 0.29) is 12.5 Å². The number of esters is 2. The topological polar surface area (TPSA) is 55.8 Å². The van der Waals surface area contributed by atoms with Crippen LogP contribution in [0.5, 0.6) is 0 Å². The van der Waals surface area contributed by atoms with Gasteiger partial charge in [0.2, 0.25) is 5.41 Å². The molecule has 39 heavy (non-hydrogen) atoms. The molecule has 4 aromatic rings. The van der Waals surface area contributed by atoms with Crippen LogP contribution in [0.15, 0.2) is 121 Å². The molecule has 4 aromatic carbocycles. The van der Waals surface area contributed by atoms with E-state index in [9.17, 15) is 9.59 Å². The number of methoxy groups -OCH3 is 2. The number of aryl methyl sites for hydroxylation is 1. The van der Waals surface area contributed by atoms with Crippen LogP contribution < -0.4 is 4.90 Å². The number of carbonyl (C=O) groups is 2. The van der Waals surface area contributed by atoms with Crippen LogP contribution in [0.1, 0.15) is 34.7 Å². The van der Waals surface area contributed by atoms with Gasteiger partial charge in [0.05, 0.1) is 26.0 Å². The van der Waals surface area contributed by atoms with Gasteiger partial charge in [-0.15, -0.1) is 0 Å². The lowest BCUT2D eigenvalue weighted by Crippen LogP contribution is -2.42. The summed E-state index contributed by atoms with van der Waals surface area (Å²) in [5, 5.41) is 0. The lowest BCUT2D eigenvalue weighted by atomic mass is 9.77. The molecule has 1 saturated heterocycles. The summed E-state index contributed by atoms with van der Waals surface area (Å²) < 4.78 is 10.8. The van der Waals surface area contributed by atoms with Crippen LogP contribution in [0.4, 0.5) is 5.69 Å². The summed E-state index contributed by atoms with van der Waals surface area (Å²) in [6, 6.07) is 37.5. The minimum absolute atomic E-state index is 0.155. The smallest absolute Gasteiger partial charge is 0.329 e. The van der Waals surface area contributed by atoms with E-state index >= 15 is 0 Å². The Morgan fingerprint density at radius 2 is 1.15 bits per heavy atom. The van der Waals surface area contributed by atoms with Gasteiger partial charge < -0.3 is 14.4 Å². The monoisotopic (exact) mass is 517 g/mol. The highest BCUT2D eigenvalue weighted by Gasteiger charge is 2.62. The second-order valence-electron chi connectivity index (χ2n) is 9.68. The summed E-state index contributed by atoms with van der Waals surface area (Å²) in [5.74, 6) is -1.30. The molecule has 1 aliphatic heterocycles. The molecule has 5 nitrogen and oxygen atoms in total. The number of hydrogen-bond acceptors (Lipinski definition) is 5. The van der Waals surface area contributed by atoms with Crippen molar-refractivity contribution in [2.75, 3.05) is 19.1 Å². The number of anilines is 1. The van der Waals surface area contributed by atoms with Gasteiger partial charge in [-0.1, -0.05) is 109 Å². The maximum Gasteiger partial charge on any atom is 0.329 e. The molecule has 0 N–H and O–H groups in total. The second kappa shape index (κ2) is 11.0. The average Bonchev–Trinajstić information content (AvgIpc) is 3.35. The first-order valence-corrected chi connectivity index (χ1v) is 12.9. The Morgan fingerprint density at radius 3 is 1.62 bits per heavy atom. The van der Waals surface area contributed by atoms with Crippen LogP contribution >= 0.6 is 0 Å². The van der Waals surface area contributed by atoms with Gasteiger partial charge in [-0.3, -0.25) is 9.59 Å². The lowest BCUT2D eigenvalue weighted by molar-refractivity contribution is -0.165. The van der Waals surface area contributed by atoms with Crippen LogP contribution in [0.25, 0.3) is 5.57 Å². The van der Waals surface area contributed by atoms with Gasteiger partial charge in [0.25, 0.3) is 0 Å². The van der Waals surface area contributed by atoms with E-state index in [0.29, 0.717) is 5.70 Å². The van der Waals surface area contributed by atoms with Crippen LogP contribution in [-0.4, -0.2) is 26.2 Å². The van der Waals surface area contributed by atoms with Crippen molar-refractivity contribution < 1.29 is 19.1 Å². The third kappa shape index (κ3) is 4.61. The molecule has 0 aromatic heterocycles. The number of rotatable bonds is 6. The normalized spacial score (nSPS) is 16.0. The largest absolute Gasteiger partial charge is 0.468 e. The van der Waals surface area contributed by atoms with E-state index in [2.05, 4.69) is 4.90 Å². The van der Waals surface area contributed by atoms with E-state index < -0.39 is 17.4 Å². The second-order valence-corrected chi connectivity index (χ2v) is 9.68. The fourth-order valence-electron chi connectivity index (χ4n) is 5.57. The van der Waals surface area contributed by atoms with E-state index in [0.717, 1.165) is 33.5 Å². The van der Waals surface area contributed by atoms with Gasteiger partial charge in [0.15, 0.2) is 0 Å². The van der Waals surface area contributed by atoms with E-state index in [4.69, 9.17) is 9.47 Å². The zero-order chi connectivity index (χ0) is 27.4. The van der Waals surface area contributed by atoms with Crippen molar-refractivity contribution >= 4 is 23.2 Å². The van der Waals surface area contributed by atoms with Crippen LogP contribution in [0, 0.1) is 12.3 Å². The number of ether oxygens (including phenoxy) is 2. The minimum atomic E-state index is -1.71. The van der Waals surface area contributed by atoms with Crippen molar-refractivity contribution in [3.63, 3.8) is 0 Å². The van der Waals surface area contributed by atoms with Gasteiger partial charge in [-0.2, -0.15) is 0 Å². The van der Waals surface area contributed by atoms with Crippen LogP contribution in [-0.2, 0) is 19.1 Å². The maximum absolute atomic E-state index is 13.9. The van der Waals surface area contributed by atoms with Crippen LogP contribution in [0.2, 0.25) is 0 Å². The highest BCUT2D eigenvalue weighted by Crippen LogP contribution is 2.56. The molecule has 0 radical (unpaired) electrons. The van der Waals surface area contributed by atoms with Gasteiger partial charge in [0, 0.05) is 17.7 Å². The molecular weight excluding hydrogens is 486 g/mol. The highest BCUT2D eigenvalue weighted by atomic mass is 16.5. The Kier molecular flexibility index (Phi) is 7.33. The molecule has 0 spiro atoms. The van der Waals surface area contributed by atoms with Crippen molar-refractivity contribution in [3.8, 4) is 0 Å². The number of nitrogens with zero attached hydrogens (tertiary/aromatic N) is 1. The molecule has 0 amide bonds. The molecule has 5 heteroatoms. The SMILES string of the molecule is COC(=O)C1(C(=O)OC)CC(c2ccccc2)N(c2ccc(C)cc2)C1=C(c1ccccc1)c1ccccc1. The molecule has 0 aliphatic carbocycles. The molecular formula is C34H31NO4. The highest BCUT2D eigenvalue weighted by molar-refractivity contribution is 6.09. The number of carbonyl (C=O) groups excluding carboxylic acids is 2. The van der Waals surface area contributed by atoms with Gasteiger partial charge >= 0.3 is 11.9 Å². The Bertz CT molecular complexity index is 1420. The van der Waals surface area contributed by atoms with Crippen molar-refractivity contribution in [2.45, 2.75) is 19.4 Å². The molecule has 1 aliphatic rings. The van der Waals surface area contributed by atoms with Gasteiger partial charge in [0.1, 0.15) is 0 Å². The standard InChI is InChI=1S/C34H31NO4/c1-24-19-21-28(22-20-24)35-29(25-13-7-4-8-14-25)23-34(32(36)38-2,33(37)39-3)31(35)30(26-15-9-5-10-16-26)27-17-11-6-12-18-27/h4-22,29H,23H2,1-3H3. The quantitative estimate of drug-likeness (QED) is 0.209. The predicted octanol–water partition coefficient (Wildman–Crippen LogP) is 6.74. The summed E-state index contributed by atoms with van der Waals surface area (Å²) in [6.07, 6.45) is 0.155. The maximum atomic E-state index is 13.9. The minimum Gasteiger partial charge on any atom is -0.468 e. The van der Waals surface area contributed by atoms with E-state index in [1.54, 1.807) is 0 Å². The zero-order valence-corrected chi connectivity index (χ0v) is 22.3. The first kappa shape index (κ1) is 26.0. The molecule has 1 heterocycles. The van der Waals surface area contributed by atoms with E-state index in [1.807, 2.05) is 122 Å². The third-order valence-electron chi connectivity index (χ3n) is 7.38. The summed E-state index contributed by atoms with van der Waals surface area (Å²) >= 11 is 0. The Morgan fingerprint density at radius 1 is 0.692 bits per heavy atom. The van der Waals surface area contributed by atoms with Crippen molar-refractivity contribution in [1.29, 1.82) is 0 Å². The fourth-order valence-corrected chi connectivity index (χ4v) is 5.57. The first-order valence-electron chi connectivity index (χ1n) is 12.9. The summed E-state index contributed by atoms with van der Waals surface area (Å²) in [6.45, 7) is 2.03.